The van der Waals surface area contributed by atoms with Crippen LogP contribution in [-0.4, -0.2) is 29.0 Å². The van der Waals surface area contributed by atoms with Crippen molar-refractivity contribution in [3.05, 3.63) is 0 Å². The van der Waals surface area contributed by atoms with Crippen molar-refractivity contribution < 1.29 is 27.8 Å². The third-order valence-electron chi connectivity index (χ3n) is 2.07. The molecule has 0 fully saturated rings. The highest BCUT2D eigenvalue weighted by Gasteiger charge is 2.60. The fourth-order valence-electron chi connectivity index (χ4n) is 0.576. The predicted molar refractivity (Wildman–Crippen MR) is 37.9 cm³/mol. The second-order valence-corrected chi connectivity index (χ2v) is 3.29. The monoisotopic (exact) mass is 200 g/mol. The Labute approximate surface area is 73.5 Å². The van der Waals surface area contributed by atoms with Crippen LogP contribution in [0.15, 0.2) is 0 Å². The summed E-state index contributed by atoms with van der Waals surface area (Å²) in [5.41, 5.74) is -5.08. The summed E-state index contributed by atoms with van der Waals surface area (Å²) in [6.45, 7) is 2.39. The summed E-state index contributed by atoms with van der Waals surface area (Å²) in [6.07, 6.45) is -4.85. The summed E-state index contributed by atoms with van der Waals surface area (Å²) in [6, 6.07) is 0. The molecule has 0 saturated heterocycles. The lowest BCUT2D eigenvalue weighted by molar-refractivity contribution is -0.304. The lowest BCUT2D eigenvalue weighted by Crippen LogP contribution is -2.59. The molecule has 0 radical (unpaired) electrons. The molecule has 0 aliphatic heterocycles. The summed E-state index contributed by atoms with van der Waals surface area (Å²) < 4.78 is 40.8. The molecule has 0 rings (SSSR count). The molecule has 1 N–H and O–H groups in total. The van der Waals surface area contributed by atoms with Crippen LogP contribution in [0.25, 0.3) is 0 Å². The van der Waals surface area contributed by atoms with E-state index in [1.165, 1.54) is 0 Å². The van der Waals surface area contributed by atoms with Crippen molar-refractivity contribution >= 4 is 6.47 Å². The Hall–Kier alpha value is -0.780. The molecule has 6 heteroatoms. The van der Waals surface area contributed by atoms with Crippen LogP contribution in [0.2, 0.25) is 0 Å². The maximum atomic E-state index is 12.2. The van der Waals surface area contributed by atoms with E-state index in [9.17, 15) is 18.0 Å². The van der Waals surface area contributed by atoms with E-state index in [1.54, 1.807) is 0 Å². The quantitative estimate of drug-likeness (QED) is 0.697. The van der Waals surface area contributed by atoms with Gasteiger partial charge in [-0.2, -0.15) is 13.2 Å². The van der Waals surface area contributed by atoms with Crippen LogP contribution in [0, 0.1) is 0 Å². The number of hydrogen-bond donors (Lipinski definition) is 1. The first kappa shape index (κ1) is 12.2. The maximum absolute atomic E-state index is 12.2. The third kappa shape index (κ3) is 2.12. The average molecular weight is 200 g/mol. The van der Waals surface area contributed by atoms with Gasteiger partial charge in [-0.15, -0.1) is 0 Å². The number of halogens is 3. The number of alkyl halides is 3. The zero-order valence-corrected chi connectivity index (χ0v) is 7.47. The standard InChI is InChI=1S/C7H11F3O3/c1-5(2,13-4-11)6(3,12)7(8,9)10/h4,12H,1-3H3. The van der Waals surface area contributed by atoms with E-state index in [0.717, 1.165) is 13.8 Å². The van der Waals surface area contributed by atoms with Crippen LogP contribution in [0.1, 0.15) is 20.8 Å². The van der Waals surface area contributed by atoms with Crippen molar-refractivity contribution in [2.45, 2.75) is 38.1 Å². The number of aliphatic hydroxyl groups is 1. The van der Waals surface area contributed by atoms with Crippen molar-refractivity contribution in [2.24, 2.45) is 0 Å². The lowest BCUT2D eigenvalue weighted by Gasteiger charge is -2.38. The second kappa shape index (κ2) is 3.17. The van der Waals surface area contributed by atoms with Crippen molar-refractivity contribution in [3.63, 3.8) is 0 Å². The zero-order chi connectivity index (χ0) is 10.9. The fraction of sp³-hybridized carbons (Fsp3) is 0.857. The zero-order valence-electron chi connectivity index (χ0n) is 7.47. The van der Waals surface area contributed by atoms with Gasteiger partial charge in [0.1, 0.15) is 5.60 Å². The second-order valence-electron chi connectivity index (χ2n) is 3.29. The maximum Gasteiger partial charge on any atom is 0.420 e. The molecule has 78 valence electrons. The van der Waals surface area contributed by atoms with Crippen LogP contribution >= 0.6 is 0 Å². The first-order chi connectivity index (χ1) is 5.56. The van der Waals surface area contributed by atoms with E-state index < -0.39 is 17.4 Å². The highest BCUT2D eigenvalue weighted by Crippen LogP contribution is 2.39. The number of ether oxygens (including phenoxy) is 1. The summed E-state index contributed by atoms with van der Waals surface area (Å²) in [7, 11) is 0. The Balaban J connectivity index is 4.91. The molecule has 1 unspecified atom stereocenters. The van der Waals surface area contributed by atoms with Gasteiger partial charge in [0.15, 0.2) is 5.60 Å². The minimum atomic E-state index is -4.85. The van der Waals surface area contributed by atoms with E-state index in [-0.39, 0.29) is 6.47 Å². The van der Waals surface area contributed by atoms with Crippen LogP contribution < -0.4 is 0 Å². The summed E-state index contributed by atoms with van der Waals surface area (Å²) in [5.74, 6) is 0. The molecule has 0 aliphatic rings. The third-order valence-corrected chi connectivity index (χ3v) is 2.07. The first-order valence-electron chi connectivity index (χ1n) is 3.47. The minimum Gasteiger partial charge on any atom is -0.458 e. The van der Waals surface area contributed by atoms with Crippen LogP contribution in [0.4, 0.5) is 13.2 Å². The molecule has 1 atom stereocenters. The summed E-state index contributed by atoms with van der Waals surface area (Å²) >= 11 is 0. The van der Waals surface area contributed by atoms with Gasteiger partial charge in [-0.1, -0.05) is 0 Å². The molecule has 0 aromatic carbocycles. The van der Waals surface area contributed by atoms with Gasteiger partial charge in [-0.3, -0.25) is 4.79 Å². The predicted octanol–water partition coefficient (Wildman–Crippen LogP) is 1.25. The molecule has 0 aromatic heterocycles. The van der Waals surface area contributed by atoms with E-state index in [2.05, 4.69) is 4.74 Å². The highest BCUT2D eigenvalue weighted by atomic mass is 19.4. The van der Waals surface area contributed by atoms with Crippen molar-refractivity contribution in [1.29, 1.82) is 0 Å². The smallest absolute Gasteiger partial charge is 0.420 e. The fourth-order valence-corrected chi connectivity index (χ4v) is 0.576. The molecule has 0 heterocycles. The Morgan fingerprint density at radius 2 is 1.62 bits per heavy atom. The number of hydrogen-bond acceptors (Lipinski definition) is 3. The summed E-state index contributed by atoms with van der Waals surface area (Å²) in [4.78, 5) is 9.89. The van der Waals surface area contributed by atoms with Gasteiger partial charge in [0.2, 0.25) is 0 Å². The van der Waals surface area contributed by atoms with Gasteiger partial charge < -0.3 is 9.84 Å². The lowest BCUT2D eigenvalue weighted by atomic mass is 9.87. The molecular formula is C7H11F3O3. The topological polar surface area (TPSA) is 46.5 Å². The van der Waals surface area contributed by atoms with E-state index >= 15 is 0 Å². The van der Waals surface area contributed by atoms with E-state index in [1.807, 2.05) is 0 Å². The van der Waals surface area contributed by atoms with Gasteiger partial charge in [0.05, 0.1) is 0 Å². The molecule has 0 saturated carbocycles. The SMILES string of the molecule is CC(C)(OC=O)C(C)(O)C(F)(F)F. The molecule has 0 aliphatic carbocycles. The van der Waals surface area contributed by atoms with Crippen molar-refractivity contribution in [3.8, 4) is 0 Å². The van der Waals surface area contributed by atoms with Crippen molar-refractivity contribution in [1.82, 2.24) is 0 Å². The molecule has 13 heavy (non-hydrogen) atoms. The molecular weight excluding hydrogens is 189 g/mol. The Morgan fingerprint density at radius 3 is 1.85 bits per heavy atom. The average Bonchev–Trinajstić information content (AvgIpc) is 1.84. The van der Waals surface area contributed by atoms with Gasteiger partial charge >= 0.3 is 6.18 Å². The number of carbonyl (C=O) groups is 1. The van der Waals surface area contributed by atoms with Crippen molar-refractivity contribution in [2.75, 3.05) is 0 Å². The molecule has 0 amide bonds. The molecule has 0 bridgehead atoms. The van der Waals surface area contributed by atoms with Gasteiger partial charge in [-0.25, -0.2) is 0 Å². The molecule has 0 aromatic rings. The largest absolute Gasteiger partial charge is 0.458 e. The van der Waals surface area contributed by atoms with Crippen LogP contribution in [0.5, 0.6) is 0 Å². The first-order valence-corrected chi connectivity index (χ1v) is 3.47. The normalized spacial score (nSPS) is 17.8. The minimum absolute atomic E-state index is 0.125. The van der Waals surface area contributed by atoms with Gasteiger partial charge in [-0.05, 0) is 20.8 Å². The number of carbonyl (C=O) groups excluding carboxylic acids is 1. The van der Waals surface area contributed by atoms with Crippen LogP contribution in [0.3, 0.4) is 0 Å². The van der Waals surface area contributed by atoms with Gasteiger partial charge in [0, 0.05) is 0 Å². The Morgan fingerprint density at radius 1 is 1.23 bits per heavy atom. The Bertz CT molecular complexity index is 196. The molecule has 0 spiro atoms. The number of rotatable bonds is 3. The summed E-state index contributed by atoms with van der Waals surface area (Å²) in [5, 5.41) is 9.10. The van der Waals surface area contributed by atoms with Crippen LogP contribution in [-0.2, 0) is 9.53 Å². The Kier molecular flexibility index (Phi) is 2.98. The van der Waals surface area contributed by atoms with E-state index in [0.29, 0.717) is 6.92 Å². The molecule has 3 nitrogen and oxygen atoms in total. The highest BCUT2D eigenvalue weighted by molar-refractivity contribution is 5.38. The van der Waals surface area contributed by atoms with Gasteiger partial charge in [0.25, 0.3) is 6.47 Å². The van der Waals surface area contributed by atoms with E-state index in [4.69, 9.17) is 5.11 Å².